The highest BCUT2D eigenvalue weighted by atomic mass is 31.2. The fourth-order valence-electron chi connectivity index (χ4n) is 5.53. The fraction of sp³-hybridized carbons (Fsp3) is 0.486. The average Bonchev–Trinajstić information content (AvgIpc) is 3.09. The second kappa shape index (κ2) is 19.2. The summed E-state index contributed by atoms with van der Waals surface area (Å²) < 4.78 is 72.2. The number of halogens is 2. The first-order valence-corrected chi connectivity index (χ1v) is 18.8. The lowest BCUT2D eigenvalue weighted by Gasteiger charge is -2.25. The molecule has 0 radical (unpaired) electrons. The minimum absolute atomic E-state index is 0.101. The summed E-state index contributed by atoms with van der Waals surface area (Å²) >= 11 is 0. The number of carbonyl (C=O) groups excluding carboxylic acids is 1. The molecule has 0 bridgehead atoms. The number of pyridine rings is 2. The van der Waals surface area contributed by atoms with Gasteiger partial charge in [0.15, 0.2) is 5.82 Å². The molecule has 4 aromatic rings. The van der Waals surface area contributed by atoms with Gasteiger partial charge in [0.05, 0.1) is 51.8 Å². The van der Waals surface area contributed by atoms with Crippen molar-refractivity contribution in [2.75, 3.05) is 58.6 Å². The number of aryl methyl sites for hydroxylation is 4. The van der Waals surface area contributed by atoms with Gasteiger partial charge in [-0.15, -0.1) is 0 Å². The summed E-state index contributed by atoms with van der Waals surface area (Å²) in [5, 5.41) is 1.89. The van der Waals surface area contributed by atoms with Crippen LogP contribution in [0, 0.1) is 6.92 Å². The number of nitrogens with zero attached hydrogens (tertiary/aromatic N) is 2. The van der Waals surface area contributed by atoms with Crippen LogP contribution in [0.4, 0.5) is 14.6 Å². The summed E-state index contributed by atoms with van der Waals surface area (Å²) in [6.07, 6.45) is 3.51. The smallest absolute Gasteiger partial charge is 0.399 e. The van der Waals surface area contributed by atoms with Crippen molar-refractivity contribution in [1.29, 1.82) is 0 Å². The Morgan fingerprint density at radius 2 is 1.57 bits per heavy atom. The quantitative estimate of drug-likeness (QED) is 0.0369. The van der Waals surface area contributed by atoms with E-state index in [1.165, 1.54) is 19.4 Å². The van der Waals surface area contributed by atoms with Gasteiger partial charge in [-0.3, -0.25) is 14.3 Å². The van der Waals surface area contributed by atoms with E-state index in [9.17, 15) is 18.1 Å². The van der Waals surface area contributed by atoms with Gasteiger partial charge in [0.25, 0.3) is 0 Å². The van der Waals surface area contributed by atoms with E-state index in [-0.39, 0.29) is 39.0 Å². The molecule has 0 aliphatic heterocycles. The molecule has 2 aromatic carbocycles. The molecule has 2 aromatic heterocycles. The topological polar surface area (TPSA) is 141 Å². The summed E-state index contributed by atoms with van der Waals surface area (Å²) in [5.41, 5.74) is 8.42. The zero-order chi connectivity index (χ0) is 36.9. The van der Waals surface area contributed by atoms with E-state index in [0.29, 0.717) is 44.0 Å². The Bertz CT molecular complexity index is 1800. The maximum atomic E-state index is 14.4. The molecule has 0 amide bonds. The van der Waals surface area contributed by atoms with Gasteiger partial charge in [0, 0.05) is 29.8 Å². The number of anilines is 1. The lowest BCUT2D eigenvalue weighted by atomic mass is 9.99. The van der Waals surface area contributed by atoms with Gasteiger partial charge in [-0.1, -0.05) is 18.2 Å². The zero-order valence-corrected chi connectivity index (χ0v) is 30.6. The van der Waals surface area contributed by atoms with Gasteiger partial charge in [-0.25, -0.2) is 4.98 Å². The number of benzene rings is 2. The largest absolute Gasteiger partial charge is 0.491 e. The standard InChI is InChI=1S/C37H48F2N3O8P/c1-5-47-34(43)15-10-27-9-14-31-32-23-28(25-41-35(32)36(40)42-33(31)24-27)8-11-29-12-13-30(22-26(29)4)48-21-20-46-19-18-45-17-16-37(38,39)51(44,49-6-2)50-7-3/h9,12-14,22-25H,5-8,10-11,15-21H2,1-4H3,(H2,40,42). The first-order valence-electron chi connectivity index (χ1n) is 17.3. The normalized spacial score (nSPS) is 12.1. The highest BCUT2D eigenvalue weighted by molar-refractivity contribution is 7.55. The maximum Gasteiger partial charge on any atom is 0.399 e. The molecule has 2 heterocycles. The molecule has 14 heteroatoms. The molecule has 0 atom stereocenters. The molecule has 0 fully saturated rings. The summed E-state index contributed by atoms with van der Waals surface area (Å²) in [6, 6.07) is 14.1. The van der Waals surface area contributed by atoms with E-state index in [0.717, 1.165) is 51.6 Å². The number of esters is 1. The van der Waals surface area contributed by atoms with Crippen LogP contribution in [0.1, 0.15) is 55.9 Å². The van der Waals surface area contributed by atoms with Crippen LogP contribution in [0.5, 0.6) is 5.75 Å². The third kappa shape index (κ3) is 11.1. The predicted octanol–water partition coefficient (Wildman–Crippen LogP) is 7.62. The fourth-order valence-corrected chi connectivity index (χ4v) is 7.02. The Balaban J connectivity index is 1.22. The summed E-state index contributed by atoms with van der Waals surface area (Å²) in [7, 11) is -4.55. The van der Waals surface area contributed by atoms with Crippen molar-refractivity contribution in [3.05, 3.63) is 70.9 Å². The molecule has 0 saturated carbocycles. The number of hydrogen-bond donors (Lipinski definition) is 1. The summed E-state index contributed by atoms with van der Waals surface area (Å²) in [5.74, 6) is 0.861. The third-order valence-corrected chi connectivity index (χ3v) is 10.3. The van der Waals surface area contributed by atoms with Crippen LogP contribution in [0.15, 0.2) is 48.7 Å². The van der Waals surface area contributed by atoms with Crippen LogP contribution in [0.2, 0.25) is 0 Å². The molecular formula is C37H48F2N3O8P. The highest BCUT2D eigenvalue weighted by Crippen LogP contribution is 2.63. The van der Waals surface area contributed by atoms with Crippen molar-refractivity contribution < 1.29 is 46.1 Å². The summed E-state index contributed by atoms with van der Waals surface area (Å²) in [6.45, 7) is 7.46. The molecule has 0 spiro atoms. The molecule has 0 saturated heterocycles. The molecule has 0 aliphatic rings. The van der Waals surface area contributed by atoms with Gasteiger partial charge >= 0.3 is 19.2 Å². The van der Waals surface area contributed by atoms with Crippen molar-refractivity contribution >= 4 is 41.2 Å². The molecule has 51 heavy (non-hydrogen) atoms. The number of carbonyl (C=O) groups is 1. The first kappa shape index (κ1) is 40.0. The minimum atomic E-state index is -4.55. The number of nitrogen functional groups attached to an aromatic ring is 1. The van der Waals surface area contributed by atoms with E-state index in [1.807, 2.05) is 43.5 Å². The molecule has 0 unspecified atom stereocenters. The van der Waals surface area contributed by atoms with Crippen molar-refractivity contribution in [3.8, 4) is 5.75 Å². The van der Waals surface area contributed by atoms with Gasteiger partial charge in [-0.05, 0) is 93.5 Å². The van der Waals surface area contributed by atoms with Crippen molar-refractivity contribution in [2.24, 2.45) is 0 Å². The number of nitrogens with two attached hydrogens (primary N) is 1. The Morgan fingerprint density at radius 3 is 2.27 bits per heavy atom. The Labute approximate surface area is 297 Å². The van der Waals surface area contributed by atoms with E-state index in [2.05, 4.69) is 22.1 Å². The van der Waals surface area contributed by atoms with Crippen molar-refractivity contribution in [3.63, 3.8) is 0 Å². The molecule has 0 aliphatic carbocycles. The van der Waals surface area contributed by atoms with Gasteiger partial charge in [0.2, 0.25) is 0 Å². The Morgan fingerprint density at radius 1 is 0.843 bits per heavy atom. The lowest BCUT2D eigenvalue weighted by Crippen LogP contribution is -2.23. The van der Waals surface area contributed by atoms with Crippen LogP contribution in [-0.4, -0.2) is 74.5 Å². The number of hydrogen-bond acceptors (Lipinski definition) is 11. The van der Waals surface area contributed by atoms with Crippen LogP contribution in [0.25, 0.3) is 21.8 Å². The van der Waals surface area contributed by atoms with Gasteiger partial charge in [-0.2, -0.15) is 8.78 Å². The van der Waals surface area contributed by atoms with Crippen LogP contribution >= 0.6 is 7.60 Å². The second-order valence-corrected chi connectivity index (χ2v) is 14.0. The molecule has 4 rings (SSSR count). The van der Waals surface area contributed by atoms with Crippen LogP contribution in [0.3, 0.4) is 0 Å². The summed E-state index contributed by atoms with van der Waals surface area (Å²) in [4.78, 5) is 21.0. The Hall–Kier alpha value is -3.74. The van der Waals surface area contributed by atoms with Gasteiger partial charge in [0.1, 0.15) is 17.9 Å². The van der Waals surface area contributed by atoms with E-state index >= 15 is 0 Å². The molecular weight excluding hydrogens is 683 g/mol. The zero-order valence-electron chi connectivity index (χ0n) is 29.8. The van der Waals surface area contributed by atoms with Crippen LogP contribution < -0.4 is 10.5 Å². The van der Waals surface area contributed by atoms with Gasteiger partial charge < -0.3 is 33.7 Å². The number of alkyl halides is 2. The molecule has 278 valence electrons. The number of fused-ring (bicyclic) bond motifs is 3. The minimum Gasteiger partial charge on any atom is -0.491 e. The second-order valence-electron chi connectivity index (χ2n) is 11.8. The highest BCUT2D eigenvalue weighted by Gasteiger charge is 2.52. The van der Waals surface area contributed by atoms with Crippen molar-refractivity contribution in [2.45, 2.75) is 65.5 Å². The average molecular weight is 732 g/mol. The van der Waals surface area contributed by atoms with E-state index < -0.39 is 19.7 Å². The maximum absolute atomic E-state index is 14.4. The predicted molar refractivity (Wildman–Crippen MR) is 193 cm³/mol. The SMILES string of the molecule is CCOC(=O)CCc1ccc2c(c1)nc(N)c1ncc(CCc3ccc(OCCOCCOCCC(F)(F)P(=O)(OCC)OCC)cc3C)cc12. The number of ether oxygens (including phenoxy) is 4. The molecule has 11 nitrogen and oxygen atoms in total. The van der Waals surface area contributed by atoms with E-state index in [4.69, 9.17) is 33.7 Å². The van der Waals surface area contributed by atoms with Crippen molar-refractivity contribution in [1.82, 2.24) is 9.97 Å². The lowest BCUT2D eigenvalue weighted by molar-refractivity contribution is -0.143. The van der Waals surface area contributed by atoms with E-state index in [1.54, 1.807) is 6.92 Å². The first-order chi connectivity index (χ1) is 24.5. The third-order valence-electron chi connectivity index (χ3n) is 8.11. The monoisotopic (exact) mass is 731 g/mol. The number of rotatable bonds is 22. The Kier molecular flexibility index (Phi) is 15.1. The molecule has 2 N–H and O–H groups in total. The number of aromatic nitrogens is 2. The van der Waals surface area contributed by atoms with Crippen LogP contribution in [-0.2, 0) is 51.9 Å².